The minimum absolute atomic E-state index is 0. The Morgan fingerprint density at radius 2 is 1.95 bits per heavy atom. The Morgan fingerprint density at radius 1 is 1.29 bits per heavy atom. The second-order valence-electron chi connectivity index (χ2n) is 4.94. The second-order valence-corrected chi connectivity index (χ2v) is 4.94. The van der Waals surface area contributed by atoms with Crippen molar-refractivity contribution in [2.45, 2.75) is 19.4 Å². The van der Waals surface area contributed by atoms with Gasteiger partial charge in [-0.15, -0.1) is 24.0 Å². The number of methoxy groups -OCH3 is 1. The van der Waals surface area contributed by atoms with Gasteiger partial charge in [0.1, 0.15) is 0 Å². The lowest BCUT2D eigenvalue weighted by atomic mass is 10.1. The van der Waals surface area contributed by atoms with Crippen LogP contribution >= 0.6 is 24.0 Å². The number of aliphatic imine (C=N–C) groups is 1. The van der Waals surface area contributed by atoms with Crippen molar-refractivity contribution >= 4 is 35.9 Å². The number of benzene rings is 1. The predicted octanol–water partition coefficient (Wildman–Crippen LogP) is 2.17. The number of guanidine groups is 1. The van der Waals surface area contributed by atoms with Gasteiger partial charge in [-0.1, -0.05) is 12.1 Å². The first-order valence-corrected chi connectivity index (χ1v) is 6.84. The third-order valence-corrected chi connectivity index (χ3v) is 3.31. The number of carbonyl (C=O) groups is 1. The van der Waals surface area contributed by atoms with E-state index in [1.54, 1.807) is 19.2 Å². The summed E-state index contributed by atoms with van der Waals surface area (Å²) in [5.41, 5.74) is 1.65. The van der Waals surface area contributed by atoms with Crippen LogP contribution in [0.5, 0.6) is 0 Å². The smallest absolute Gasteiger partial charge is 0.337 e. The molecule has 0 aliphatic heterocycles. The number of carbonyl (C=O) groups excluding carboxylic acids is 1. The first-order chi connectivity index (χ1) is 9.72. The molecule has 0 bridgehead atoms. The van der Waals surface area contributed by atoms with E-state index in [0.29, 0.717) is 12.1 Å². The molecule has 6 heteroatoms. The summed E-state index contributed by atoms with van der Waals surface area (Å²) in [5, 5.41) is 6.56. The Kier molecular flexibility index (Phi) is 7.49. The Morgan fingerprint density at radius 3 is 2.48 bits per heavy atom. The average Bonchev–Trinajstić information content (AvgIpc) is 3.31. The molecule has 0 saturated heterocycles. The van der Waals surface area contributed by atoms with Crippen molar-refractivity contribution in [2.75, 3.05) is 20.7 Å². The van der Waals surface area contributed by atoms with Gasteiger partial charge in [0.15, 0.2) is 5.96 Å². The summed E-state index contributed by atoms with van der Waals surface area (Å²) in [5.74, 6) is 1.31. The highest BCUT2D eigenvalue weighted by molar-refractivity contribution is 14.0. The molecule has 2 rings (SSSR count). The van der Waals surface area contributed by atoms with Crippen LogP contribution < -0.4 is 10.6 Å². The molecule has 1 aliphatic rings. The third kappa shape index (κ3) is 5.91. The number of hydrogen-bond donors (Lipinski definition) is 2. The van der Waals surface area contributed by atoms with Gasteiger partial charge in [-0.3, -0.25) is 4.99 Å². The molecular weight excluding hydrogens is 381 g/mol. The fraction of sp³-hybridized carbons (Fsp3) is 0.467. The fourth-order valence-electron chi connectivity index (χ4n) is 1.85. The van der Waals surface area contributed by atoms with Crippen molar-refractivity contribution in [2.24, 2.45) is 10.9 Å². The number of halogens is 1. The van der Waals surface area contributed by atoms with Crippen LogP contribution in [0.1, 0.15) is 28.8 Å². The van der Waals surface area contributed by atoms with Crippen LogP contribution in [-0.2, 0) is 11.3 Å². The molecule has 116 valence electrons. The lowest BCUT2D eigenvalue weighted by Gasteiger charge is -2.11. The molecule has 5 nitrogen and oxygen atoms in total. The molecule has 1 fully saturated rings. The Balaban J connectivity index is 0.00000220. The first-order valence-electron chi connectivity index (χ1n) is 6.84. The van der Waals surface area contributed by atoms with Crippen LogP contribution in [0.4, 0.5) is 0 Å². The molecule has 21 heavy (non-hydrogen) atoms. The molecule has 1 saturated carbocycles. The van der Waals surface area contributed by atoms with Crippen molar-refractivity contribution in [1.29, 1.82) is 0 Å². The third-order valence-electron chi connectivity index (χ3n) is 3.31. The summed E-state index contributed by atoms with van der Waals surface area (Å²) in [6, 6.07) is 7.35. The van der Waals surface area contributed by atoms with E-state index in [4.69, 9.17) is 0 Å². The van der Waals surface area contributed by atoms with Gasteiger partial charge in [0.2, 0.25) is 0 Å². The van der Waals surface area contributed by atoms with E-state index in [1.807, 2.05) is 12.1 Å². The molecular formula is C15H22IN3O2. The van der Waals surface area contributed by atoms with E-state index in [2.05, 4.69) is 20.4 Å². The number of hydrogen-bond acceptors (Lipinski definition) is 3. The molecule has 1 aliphatic carbocycles. The van der Waals surface area contributed by atoms with Gasteiger partial charge in [-0.05, 0) is 36.5 Å². The molecule has 0 unspecified atom stereocenters. The maximum atomic E-state index is 11.3. The summed E-state index contributed by atoms with van der Waals surface area (Å²) >= 11 is 0. The molecule has 0 radical (unpaired) electrons. The van der Waals surface area contributed by atoms with Crippen molar-refractivity contribution in [1.82, 2.24) is 10.6 Å². The number of esters is 1. The van der Waals surface area contributed by atoms with Gasteiger partial charge >= 0.3 is 5.97 Å². The van der Waals surface area contributed by atoms with Crippen LogP contribution in [-0.4, -0.2) is 32.6 Å². The SMILES string of the molecule is CN=C(NCc1ccc(C(=O)OC)cc1)NCC1CC1.I. The maximum Gasteiger partial charge on any atom is 0.337 e. The standard InChI is InChI=1S/C15H21N3O2.HI/c1-16-15(17-9-11-3-4-11)18-10-12-5-7-13(8-6-12)14(19)20-2;/h5-8,11H,3-4,9-10H2,1-2H3,(H2,16,17,18);1H. The molecule has 0 amide bonds. The summed E-state index contributed by atoms with van der Waals surface area (Å²) < 4.78 is 4.67. The first kappa shape index (κ1) is 17.7. The van der Waals surface area contributed by atoms with Gasteiger partial charge in [0.05, 0.1) is 12.7 Å². The van der Waals surface area contributed by atoms with Crippen molar-refractivity contribution < 1.29 is 9.53 Å². The van der Waals surface area contributed by atoms with Crippen molar-refractivity contribution in [3.8, 4) is 0 Å². The zero-order valence-electron chi connectivity index (χ0n) is 12.4. The van der Waals surface area contributed by atoms with Crippen LogP contribution in [0.2, 0.25) is 0 Å². The normalized spacial score (nSPS) is 14.1. The molecule has 0 heterocycles. The minimum atomic E-state index is -0.314. The fourth-order valence-corrected chi connectivity index (χ4v) is 1.85. The van der Waals surface area contributed by atoms with E-state index in [0.717, 1.165) is 24.0 Å². The molecule has 2 N–H and O–H groups in total. The summed E-state index contributed by atoms with van der Waals surface area (Å²) in [6.07, 6.45) is 2.64. The second kappa shape index (κ2) is 8.86. The predicted molar refractivity (Wildman–Crippen MR) is 94.1 cm³/mol. The molecule has 0 spiro atoms. The number of ether oxygens (including phenoxy) is 1. The van der Waals surface area contributed by atoms with E-state index in [9.17, 15) is 4.79 Å². The highest BCUT2D eigenvalue weighted by atomic mass is 127. The highest BCUT2D eigenvalue weighted by Gasteiger charge is 2.20. The number of rotatable bonds is 5. The quantitative estimate of drug-likeness (QED) is 0.343. The Bertz CT molecular complexity index is 484. The van der Waals surface area contributed by atoms with E-state index >= 15 is 0 Å². The molecule has 1 aromatic rings. The number of nitrogens with zero attached hydrogens (tertiary/aromatic N) is 1. The van der Waals surface area contributed by atoms with Gasteiger partial charge in [0, 0.05) is 20.1 Å². The summed E-state index contributed by atoms with van der Waals surface area (Å²) in [6.45, 7) is 1.66. The van der Waals surface area contributed by atoms with Gasteiger partial charge < -0.3 is 15.4 Å². The Hall–Kier alpha value is -1.31. The van der Waals surface area contributed by atoms with Crippen LogP contribution in [0.25, 0.3) is 0 Å². The van der Waals surface area contributed by atoms with Crippen molar-refractivity contribution in [3.63, 3.8) is 0 Å². The molecule has 1 aromatic carbocycles. The maximum absolute atomic E-state index is 11.3. The largest absolute Gasteiger partial charge is 0.465 e. The topological polar surface area (TPSA) is 62.7 Å². The van der Waals surface area contributed by atoms with Gasteiger partial charge in [-0.2, -0.15) is 0 Å². The average molecular weight is 403 g/mol. The summed E-state index contributed by atoms with van der Waals surface area (Å²) in [4.78, 5) is 15.5. The minimum Gasteiger partial charge on any atom is -0.465 e. The van der Waals surface area contributed by atoms with Crippen molar-refractivity contribution in [3.05, 3.63) is 35.4 Å². The highest BCUT2D eigenvalue weighted by Crippen LogP contribution is 2.27. The van der Waals surface area contributed by atoms with Crippen LogP contribution in [0.3, 0.4) is 0 Å². The lowest BCUT2D eigenvalue weighted by molar-refractivity contribution is 0.0600. The zero-order chi connectivity index (χ0) is 14.4. The van der Waals surface area contributed by atoms with Crippen LogP contribution in [0, 0.1) is 5.92 Å². The van der Waals surface area contributed by atoms with Crippen LogP contribution in [0.15, 0.2) is 29.3 Å². The van der Waals surface area contributed by atoms with E-state index in [-0.39, 0.29) is 29.9 Å². The monoisotopic (exact) mass is 403 g/mol. The lowest BCUT2D eigenvalue weighted by Crippen LogP contribution is -2.37. The number of nitrogens with one attached hydrogen (secondary N) is 2. The van der Waals surface area contributed by atoms with Gasteiger partial charge in [0.25, 0.3) is 0 Å². The van der Waals surface area contributed by atoms with Gasteiger partial charge in [-0.25, -0.2) is 4.79 Å². The Labute approximate surface area is 142 Å². The zero-order valence-corrected chi connectivity index (χ0v) is 14.7. The molecule has 0 atom stereocenters. The van der Waals surface area contributed by atoms with E-state index in [1.165, 1.54) is 20.0 Å². The van der Waals surface area contributed by atoms with E-state index < -0.39 is 0 Å². The summed E-state index contributed by atoms with van der Waals surface area (Å²) in [7, 11) is 3.15. The molecule has 0 aromatic heterocycles.